The van der Waals surface area contributed by atoms with Gasteiger partial charge < -0.3 is 4.90 Å². The van der Waals surface area contributed by atoms with Crippen LogP contribution in [0.2, 0.25) is 0 Å². The van der Waals surface area contributed by atoms with Gasteiger partial charge in [0.1, 0.15) is 0 Å². The average molecular weight is 276 g/mol. The second-order valence-corrected chi connectivity index (χ2v) is 6.18. The van der Waals surface area contributed by atoms with E-state index in [0.717, 1.165) is 23.2 Å². The predicted octanol–water partition coefficient (Wildman–Crippen LogP) is 3.92. The van der Waals surface area contributed by atoms with E-state index in [0.29, 0.717) is 0 Å². The van der Waals surface area contributed by atoms with Crippen molar-refractivity contribution < 1.29 is 0 Å². The number of hydrogen-bond acceptors (Lipinski definition) is 1. The van der Waals surface area contributed by atoms with Crippen molar-refractivity contribution in [2.45, 2.75) is 52.5 Å². The molecule has 0 bridgehead atoms. The molecule has 0 aromatic carbocycles. The van der Waals surface area contributed by atoms with E-state index in [1.165, 1.54) is 38.8 Å². The minimum absolute atomic E-state index is 0.810. The van der Waals surface area contributed by atoms with Crippen LogP contribution >= 0.6 is 15.9 Å². The zero-order chi connectivity index (χ0) is 11.3. The molecule has 0 spiro atoms. The number of halogens is 1. The highest BCUT2D eigenvalue weighted by atomic mass is 79.9. The highest BCUT2D eigenvalue weighted by Gasteiger charge is 2.22. The van der Waals surface area contributed by atoms with Crippen LogP contribution in [0.1, 0.15) is 46.5 Å². The first-order chi connectivity index (χ1) is 7.13. The third-order valence-corrected chi connectivity index (χ3v) is 4.24. The van der Waals surface area contributed by atoms with Gasteiger partial charge in [-0.25, -0.2) is 0 Å². The Hall–Kier alpha value is 0.440. The van der Waals surface area contributed by atoms with E-state index < -0.39 is 0 Å². The molecule has 0 aliphatic carbocycles. The van der Waals surface area contributed by atoms with Crippen LogP contribution in [0.25, 0.3) is 0 Å². The van der Waals surface area contributed by atoms with Gasteiger partial charge in [0.25, 0.3) is 0 Å². The SMILES string of the molecule is CC(CCBr)CCN1CCC(C)CC1C. The third-order valence-electron chi connectivity index (χ3n) is 3.79. The molecule has 1 rings (SSSR count). The zero-order valence-corrected chi connectivity index (χ0v) is 12.1. The molecule has 0 aromatic heterocycles. The first-order valence-electron chi connectivity index (χ1n) is 6.43. The van der Waals surface area contributed by atoms with E-state index in [2.05, 4.69) is 41.6 Å². The molecule has 0 radical (unpaired) electrons. The Morgan fingerprint density at radius 3 is 2.67 bits per heavy atom. The van der Waals surface area contributed by atoms with Crippen molar-refractivity contribution >= 4 is 15.9 Å². The lowest BCUT2D eigenvalue weighted by molar-refractivity contribution is 0.122. The maximum Gasteiger partial charge on any atom is 0.00694 e. The third kappa shape index (κ3) is 4.86. The lowest BCUT2D eigenvalue weighted by atomic mass is 9.92. The standard InChI is InChI=1S/C13H26BrN/c1-11(4-7-14)5-8-15-9-6-12(2)10-13(15)3/h11-13H,4-10H2,1-3H3. The molecule has 1 saturated heterocycles. The molecule has 1 aliphatic rings. The molecule has 0 N–H and O–H groups in total. The van der Waals surface area contributed by atoms with E-state index in [4.69, 9.17) is 0 Å². The molecule has 1 nitrogen and oxygen atoms in total. The van der Waals surface area contributed by atoms with Gasteiger partial charge >= 0.3 is 0 Å². The summed E-state index contributed by atoms with van der Waals surface area (Å²) < 4.78 is 0. The molecule has 0 amide bonds. The predicted molar refractivity (Wildman–Crippen MR) is 71.6 cm³/mol. The van der Waals surface area contributed by atoms with Gasteiger partial charge in [0, 0.05) is 11.4 Å². The van der Waals surface area contributed by atoms with E-state index in [9.17, 15) is 0 Å². The summed E-state index contributed by atoms with van der Waals surface area (Å²) in [5, 5.41) is 1.15. The summed E-state index contributed by atoms with van der Waals surface area (Å²) in [6.07, 6.45) is 5.48. The second-order valence-electron chi connectivity index (χ2n) is 5.39. The summed E-state index contributed by atoms with van der Waals surface area (Å²) in [6, 6.07) is 0.810. The summed E-state index contributed by atoms with van der Waals surface area (Å²) in [4.78, 5) is 2.69. The van der Waals surface area contributed by atoms with Crippen LogP contribution in [0, 0.1) is 11.8 Å². The number of hydrogen-bond donors (Lipinski definition) is 0. The van der Waals surface area contributed by atoms with Crippen LogP contribution in [0.4, 0.5) is 0 Å². The molecular weight excluding hydrogens is 250 g/mol. The van der Waals surface area contributed by atoms with Crippen LogP contribution in [0.5, 0.6) is 0 Å². The Morgan fingerprint density at radius 1 is 1.33 bits per heavy atom. The molecule has 1 fully saturated rings. The van der Waals surface area contributed by atoms with Crippen molar-refractivity contribution in [2.75, 3.05) is 18.4 Å². The number of rotatable bonds is 5. The molecule has 0 aromatic rings. The van der Waals surface area contributed by atoms with Crippen LogP contribution < -0.4 is 0 Å². The first-order valence-corrected chi connectivity index (χ1v) is 7.55. The monoisotopic (exact) mass is 275 g/mol. The Morgan fingerprint density at radius 2 is 2.07 bits per heavy atom. The number of piperidine rings is 1. The lowest BCUT2D eigenvalue weighted by Gasteiger charge is -2.37. The van der Waals surface area contributed by atoms with Gasteiger partial charge in [-0.05, 0) is 57.5 Å². The van der Waals surface area contributed by atoms with Crippen LogP contribution in [-0.2, 0) is 0 Å². The summed E-state index contributed by atoms with van der Waals surface area (Å²) in [7, 11) is 0. The molecular formula is C13H26BrN. The van der Waals surface area contributed by atoms with Gasteiger partial charge in [-0.2, -0.15) is 0 Å². The lowest BCUT2D eigenvalue weighted by Crippen LogP contribution is -2.41. The summed E-state index contributed by atoms with van der Waals surface area (Å²) in [5.74, 6) is 1.81. The van der Waals surface area contributed by atoms with E-state index in [1.807, 2.05) is 0 Å². The topological polar surface area (TPSA) is 3.24 Å². The summed E-state index contributed by atoms with van der Waals surface area (Å²) in [6.45, 7) is 9.79. The molecule has 2 heteroatoms. The second kappa shape index (κ2) is 6.90. The van der Waals surface area contributed by atoms with Gasteiger partial charge in [0.15, 0.2) is 0 Å². The maximum atomic E-state index is 3.52. The molecule has 1 heterocycles. The van der Waals surface area contributed by atoms with Crippen molar-refractivity contribution in [3.05, 3.63) is 0 Å². The minimum Gasteiger partial charge on any atom is -0.301 e. The van der Waals surface area contributed by atoms with Gasteiger partial charge in [-0.1, -0.05) is 29.8 Å². The number of likely N-dealkylation sites (tertiary alicyclic amines) is 1. The van der Waals surface area contributed by atoms with Crippen molar-refractivity contribution in [2.24, 2.45) is 11.8 Å². The highest BCUT2D eigenvalue weighted by Crippen LogP contribution is 2.23. The van der Waals surface area contributed by atoms with Crippen LogP contribution in [0.15, 0.2) is 0 Å². The van der Waals surface area contributed by atoms with Crippen molar-refractivity contribution in [3.8, 4) is 0 Å². The molecule has 90 valence electrons. The fraction of sp³-hybridized carbons (Fsp3) is 1.00. The summed E-state index contributed by atoms with van der Waals surface area (Å²) in [5.41, 5.74) is 0. The largest absolute Gasteiger partial charge is 0.301 e. The molecule has 3 atom stereocenters. The van der Waals surface area contributed by atoms with Gasteiger partial charge in [-0.15, -0.1) is 0 Å². The van der Waals surface area contributed by atoms with Crippen molar-refractivity contribution in [1.29, 1.82) is 0 Å². The Labute approximate surface area is 104 Å². The highest BCUT2D eigenvalue weighted by molar-refractivity contribution is 9.09. The Bertz CT molecular complexity index is 172. The van der Waals surface area contributed by atoms with Gasteiger partial charge in [0.2, 0.25) is 0 Å². The maximum absolute atomic E-state index is 3.52. The molecule has 3 unspecified atom stereocenters. The molecule has 0 saturated carbocycles. The van der Waals surface area contributed by atoms with Gasteiger partial charge in [-0.3, -0.25) is 0 Å². The summed E-state index contributed by atoms with van der Waals surface area (Å²) >= 11 is 3.52. The van der Waals surface area contributed by atoms with Crippen molar-refractivity contribution in [1.82, 2.24) is 4.90 Å². The quantitative estimate of drug-likeness (QED) is 0.688. The van der Waals surface area contributed by atoms with Crippen LogP contribution in [-0.4, -0.2) is 29.4 Å². The molecule has 1 aliphatic heterocycles. The number of nitrogens with zero attached hydrogens (tertiary/aromatic N) is 1. The Kier molecular flexibility index (Phi) is 6.21. The fourth-order valence-corrected chi connectivity index (χ4v) is 3.29. The van der Waals surface area contributed by atoms with E-state index in [-0.39, 0.29) is 0 Å². The normalized spacial score (nSPS) is 30.4. The number of alkyl halides is 1. The smallest absolute Gasteiger partial charge is 0.00694 e. The van der Waals surface area contributed by atoms with Crippen molar-refractivity contribution in [3.63, 3.8) is 0 Å². The van der Waals surface area contributed by atoms with Gasteiger partial charge in [0.05, 0.1) is 0 Å². The van der Waals surface area contributed by atoms with E-state index in [1.54, 1.807) is 0 Å². The zero-order valence-electron chi connectivity index (χ0n) is 10.5. The van der Waals surface area contributed by atoms with E-state index >= 15 is 0 Å². The molecule has 15 heavy (non-hydrogen) atoms. The average Bonchev–Trinajstić information content (AvgIpc) is 2.17. The minimum atomic E-state index is 0.810. The Balaban J connectivity index is 2.20. The van der Waals surface area contributed by atoms with Crippen LogP contribution in [0.3, 0.4) is 0 Å². The first kappa shape index (κ1) is 13.5. The fourth-order valence-electron chi connectivity index (χ4n) is 2.50.